The molecule has 1 aliphatic heterocycles. The first kappa shape index (κ1) is 8.97. The zero-order valence-electron chi connectivity index (χ0n) is 7.01. The van der Waals surface area contributed by atoms with E-state index < -0.39 is 5.60 Å². The highest BCUT2D eigenvalue weighted by atomic mass is 16.5. The maximum atomic E-state index is 9.74. The lowest BCUT2D eigenvalue weighted by Crippen LogP contribution is -2.28. The average Bonchev–Trinajstić information content (AvgIpc) is 2.38. The second-order valence-corrected chi connectivity index (χ2v) is 3.12. The van der Waals surface area contributed by atoms with Gasteiger partial charge < -0.3 is 14.6 Å². The van der Waals surface area contributed by atoms with E-state index in [0.717, 1.165) is 25.9 Å². The lowest BCUT2D eigenvalue weighted by Gasteiger charge is -2.19. The molecule has 66 valence electrons. The number of hydrogen-bond donors (Lipinski definition) is 1. The molecule has 11 heavy (non-hydrogen) atoms. The monoisotopic (exact) mass is 160 g/mol. The standard InChI is InChI=1S/C8H16O3/c1-10-5-2-3-8(9)4-6-11-7-8/h9H,2-7H2,1H3. The molecule has 1 rings (SSSR count). The Hall–Kier alpha value is -0.120. The Kier molecular flexibility index (Phi) is 3.30. The minimum Gasteiger partial charge on any atom is -0.387 e. The molecule has 0 aliphatic carbocycles. The van der Waals surface area contributed by atoms with Crippen LogP contribution in [-0.2, 0) is 9.47 Å². The van der Waals surface area contributed by atoms with Crippen LogP contribution in [0, 0.1) is 0 Å². The summed E-state index contributed by atoms with van der Waals surface area (Å²) in [5.41, 5.74) is -0.557. The van der Waals surface area contributed by atoms with Crippen molar-refractivity contribution < 1.29 is 14.6 Å². The van der Waals surface area contributed by atoms with Crippen LogP contribution < -0.4 is 0 Å². The van der Waals surface area contributed by atoms with Crippen molar-refractivity contribution in [2.24, 2.45) is 0 Å². The van der Waals surface area contributed by atoms with Crippen LogP contribution in [0.25, 0.3) is 0 Å². The van der Waals surface area contributed by atoms with Gasteiger partial charge in [0.15, 0.2) is 0 Å². The molecule has 0 amide bonds. The minimum atomic E-state index is -0.557. The Balaban J connectivity index is 2.13. The largest absolute Gasteiger partial charge is 0.387 e. The quantitative estimate of drug-likeness (QED) is 0.611. The van der Waals surface area contributed by atoms with E-state index in [-0.39, 0.29) is 0 Å². The summed E-state index contributed by atoms with van der Waals surface area (Å²) in [5.74, 6) is 0. The first-order chi connectivity index (χ1) is 5.27. The number of hydrogen-bond acceptors (Lipinski definition) is 3. The van der Waals surface area contributed by atoms with Crippen molar-refractivity contribution >= 4 is 0 Å². The number of aliphatic hydroxyl groups is 1. The lowest BCUT2D eigenvalue weighted by atomic mass is 9.97. The summed E-state index contributed by atoms with van der Waals surface area (Å²) in [6.45, 7) is 1.92. The molecule has 0 saturated carbocycles. The van der Waals surface area contributed by atoms with E-state index in [0.29, 0.717) is 13.2 Å². The molecule has 0 aromatic heterocycles. The molecule has 0 spiro atoms. The van der Waals surface area contributed by atoms with E-state index >= 15 is 0 Å². The van der Waals surface area contributed by atoms with Crippen LogP contribution >= 0.6 is 0 Å². The van der Waals surface area contributed by atoms with Gasteiger partial charge in [-0.3, -0.25) is 0 Å². The maximum absolute atomic E-state index is 9.74. The van der Waals surface area contributed by atoms with Crippen LogP contribution in [-0.4, -0.2) is 37.6 Å². The van der Waals surface area contributed by atoms with Gasteiger partial charge in [-0.25, -0.2) is 0 Å². The molecule has 0 radical (unpaired) electrons. The summed E-state index contributed by atoms with van der Waals surface area (Å²) < 4.78 is 9.99. The minimum absolute atomic E-state index is 0.497. The summed E-state index contributed by atoms with van der Waals surface area (Å²) in [5, 5.41) is 9.74. The van der Waals surface area contributed by atoms with Gasteiger partial charge in [0.2, 0.25) is 0 Å². The summed E-state index contributed by atoms with van der Waals surface area (Å²) in [6.07, 6.45) is 2.48. The molecule has 0 aromatic rings. The number of methoxy groups -OCH3 is 1. The van der Waals surface area contributed by atoms with Crippen LogP contribution in [0.2, 0.25) is 0 Å². The fourth-order valence-corrected chi connectivity index (χ4v) is 1.34. The van der Waals surface area contributed by atoms with Crippen molar-refractivity contribution in [3.05, 3.63) is 0 Å². The van der Waals surface area contributed by atoms with Crippen LogP contribution in [0.4, 0.5) is 0 Å². The van der Waals surface area contributed by atoms with Gasteiger partial charge in [-0.15, -0.1) is 0 Å². The lowest BCUT2D eigenvalue weighted by molar-refractivity contribution is 0.0122. The van der Waals surface area contributed by atoms with E-state index in [1.165, 1.54) is 0 Å². The summed E-state index contributed by atoms with van der Waals surface area (Å²) in [7, 11) is 1.68. The zero-order valence-corrected chi connectivity index (χ0v) is 7.01. The molecule has 1 fully saturated rings. The molecule has 1 saturated heterocycles. The van der Waals surface area contributed by atoms with Crippen molar-refractivity contribution in [2.75, 3.05) is 26.9 Å². The molecule has 1 unspecified atom stereocenters. The van der Waals surface area contributed by atoms with Gasteiger partial charge >= 0.3 is 0 Å². The highest BCUT2D eigenvalue weighted by Gasteiger charge is 2.31. The van der Waals surface area contributed by atoms with Crippen LogP contribution in [0.3, 0.4) is 0 Å². The molecule has 1 N–H and O–H groups in total. The Morgan fingerprint density at radius 1 is 1.64 bits per heavy atom. The average molecular weight is 160 g/mol. The molecule has 3 heteroatoms. The normalized spacial score (nSPS) is 31.1. The van der Waals surface area contributed by atoms with E-state index in [9.17, 15) is 5.11 Å². The van der Waals surface area contributed by atoms with Gasteiger partial charge in [-0.05, 0) is 12.8 Å². The maximum Gasteiger partial charge on any atom is 0.0902 e. The molecular formula is C8H16O3. The zero-order chi connectivity index (χ0) is 8.16. The van der Waals surface area contributed by atoms with Crippen molar-refractivity contribution in [2.45, 2.75) is 24.9 Å². The third-order valence-electron chi connectivity index (χ3n) is 2.07. The van der Waals surface area contributed by atoms with Crippen LogP contribution in [0.5, 0.6) is 0 Å². The summed E-state index contributed by atoms with van der Waals surface area (Å²) >= 11 is 0. The van der Waals surface area contributed by atoms with Crippen molar-refractivity contribution in [1.29, 1.82) is 0 Å². The number of ether oxygens (including phenoxy) is 2. The third kappa shape index (κ3) is 2.77. The Labute approximate surface area is 67.3 Å². The van der Waals surface area contributed by atoms with Crippen LogP contribution in [0.15, 0.2) is 0 Å². The SMILES string of the molecule is COCCCC1(O)CCOC1. The van der Waals surface area contributed by atoms with Gasteiger partial charge in [0.1, 0.15) is 0 Å². The molecule has 3 nitrogen and oxygen atoms in total. The van der Waals surface area contributed by atoms with Gasteiger partial charge in [-0.2, -0.15) is 0 Å². The predicted octanol–water partition coefficient (Wildman–Crippen LogP) is 0.564. The summed E-state index contributed by atoms with van der Waals surface area (Å²) in [4.78, 5) is 0. The molecule has 1 heterocycles. The van der Waals surface area contributed by atoms with Gasteiger partial charge in [-0.1, -0.05) is 0 Å². The molecular weight excluding hydrogens is 144 g/mol. The first-order valence-corrected chi connectivity index (χ1v) is 4.06. The highest BCUT2D eigenvalue weighted by Crippen LogP contribution is 2.23. The molecule has 1 atom stereocenters. The summed E-state index contributed by atoms with van der Waals surface area (Å²) in [6, 6.07) is 0. The van der Waals surface area contributed by atoms with Gasteiger partial charge in [0.05, 0.1) is 12.2 Å². The Morgan fingerprint density at radius 3 is 3.00 bits per heavy atom. The smallest absolute Gasteiger partial charge is 0.0902 e. The van der Waals surface area contributed by atoms with Gasteiger partial charge in [0, 0.05) is 26.7 Å². The second-order valence-electron chi connectivity index (χ2n) is 3.12. The van der Waals surface area contributed by atoms with E-state index in [2.05, 4.69) is 0 Å². The number of rotatable bonds is 4. The van der Waals surface area contributed by atoms with Crippen molar-refractivity contribution in [3.8, 4) is 0 Å². The third-order valence-corrected chi connectivity index (χ3v) is 2.07. The fraction of sp³-hybridized carbons (Fsp3) is 1.00. The highest BCUT2D eigenvalue weighted by molar-refractivity contribution is 4.81. The van der Waals surface area contributed by atoms with Crippen LogP contribution in [0.1, 0.15) is 19.3 Å². The molecule has 1 aliphatic rings. The predicted molar refractivity (Wildman–Crippen MR) is 41.5 cm³/mol. The Bertz CT molecular complexity index is 108. The molecule has 0 aromatic carbocycles. The molecule has 0 bridgehead atoms. The fourth-order valence-electron chi connectivity index (χ4n) is 1.34. The van der Waals surface area contributed by atoms with Crippen molar-refractivity contribution in [1.82, 2.24) is 0 Å². The van der Waals surface area contributed by atoms with E-state index in [1.807, 2.05) is 0 Å². The first-order valence-electron chi connectivity index (χ1n) is 4.06. The topological polar surface area (TPSA) is 38.7 Å². The van der Waals surface area contributed by atoms with Gasteiger partial charge in [0.25, 0.3) is 0 Å². The van der Waals surface area contributed by atoms with Crippen molar-refractivity contribution in [3.63, 3.8) is 0 Å². The van der Waals surface area contributed by atoms with E-state index in [1.54, 1.807) is 7.11 Å². The second kappa shape index (κ2) is 4.04. The van der Waals surface area contributed by atoms with E-state index in [4.69, 9.17) is 9.47 Å². The Morgan fingerprint density at radius 2 is 2.45 bits per heavy atom.